The van der Waals surface area contributed by atoms with Crippen LogP contribution in [0.4, 0.5) is 0 Å². The Morgan fingerprint density at radius 1 is 1.00 bits per heavy atom. The first-order chi connectivity index (χ1) is 14.7. The van der Waals surface area contributed by atoms with Gasteiger partial charge in [-0.1, -0.05) is 41.4 Å². The highest BCUT2D eigenvalue weighted by atomic mass is 35.5. The highest BCUT2D eigenvalue weighted by molar-refractivity contribution is 7.89. The van der Waals surface area contributed by atoms with Gasteiger partial charge >= 0.3 is 5.63 Å². The monoisotopic (exact) mass is 480 g/mol. The van der Waals surface area contributed by atoms with Gasteiger partial charge in [-0.05, 0) is 42.7 Å². The minimum atomic E-state index is -3.79. The Morgan fingerprint density at radius 2 is 1.65 bits per heavy atom. The van der Waals surface area contributed by atoms with Gasteiger partial charge in [-0.3, -0.25) is 4.90 Å². The number of sulfonamides is 1. The van der Waals surface area contributed by atoms with Crippen molar-refractivity contribution in [1.29, 1.82) is 0 Å². The molecule has 0 N–H and O–H groups in total. The third-order valence-electron chi connectivity index (χ3n) is 5.76. The van der Waals surface area contributed by atoms with Crippen LogP contribution in [0, 0.1) is 13.8 Å². The fraction of sp³-hybridized carbons (Fsp3) is 0.318. The molecule has 3 aromatic rings. The standard InChI is InChI=1S/C22H22Cl2N2O4S/c1-14-6-7-17-16(12-20(27)30-21(17)15(14)2)13-25-8-10-26(11-9-25)31(28,29)22-18(23)4-3-5-19(22)24/h3-7,12H,8-11,13H2,1-2H3. The van der Waals surface area contributed by atoms with Crippen LogP contribution in [0.1, 0.15) is 16.7 Å². The van der Waals surface area contributed by atoms with E-state index in [0.29, 0.717) is 38.3 Å². The third-order valence-corrected chi connectivity index (χ3v) is 8.61. The molecule has 0 amide bonds. The second kappa shape index (κ2) is 8.56. The van der Waals surface area contributed by atoms with Gasteiger partial charge in [0, 0.05) is 44.2 Å². The lowest BCUT2D eigenvalue weighted by molar-refractivity contribution is 0.182. The second-order valence-corrected chi connectivity index (χ2v) is 10.4. The van der Waals surface area contributed by atoms with E-state index in [4.69, 9.17) is 27.6 Å². The molecule has 0 aliphatic carbocycles. The van der Waals surface area contributed by atoms with Crippen LogP contribution in [-0.2, 0) is 16.6 Å². The Balaban J connectivity index is 1.54. The first-order valence-corrected chi connectivity index (χ1v) is 12.1. The van der Waals surface area contributed by atoms with E-state index in [1.54, 1.807) is 6.07 Å². The number of benzene rings is 2. The lowest BCUT2D eigenvalue weighted by Gasteiger charge is -2.34. The summed E-state index contributed by atoms with van der Waals surface area (Å²) in [6.07, 6.45) is 0. The molecule has 164 valence electrons. The van der Waals surface area contributed by atoms with Crippen LogP contribution in [0.2, 0.25) is 10.0 Å². The molecule has 9 heteroatoms. The molecular formula is C22H22Cl2N2O4S. The first-order valence-electron chi connectivity index (χ1n) is 9.88. The quantitative estimate of drug-likeness (QED) is 0.522. The average molecular weight is 481 g/mol. The van der Waals surface area contributed by atoms with Crippen molar-refractivity contribution in [1.82, 2.24) is 9.21 Å². The molecule has 0 bridgehead atoms. The summed E-state index contributed by atoms with van der Waals surface area (Å²) in [5.74, 6) is 0. The van der Waals surface area contributed by atoms with Crippen LogP contribution in [0.3, 0.4) is 0 Å². The second-order valence-electron chi connectivity index (χ2n) is 7.71. The van der Waals surface area contributed by atoms with E-state index in [1.807, 2.05) is 26.0 Å². The van der Waals surface area contributed by atoms with Crippen LogP contribution < -0.4 is 5.63 Å². The van der Waals surface area contributed by atoms with Crippen molar-refractivity contribution in [2.45, 2.75) is 25.3 Å². The summed E-state index contributed by atoms with van der Waals surface area (Å²) in [4.78, 5) is 14.2. The lowest BCUT2D eigenvalue weighted by atomic mass is 10.0. The molecule has 0 saturated carbocycles. The SMILES string of the molecule is Cc1ccc2c(CN3CCN(S(=O)(=O)c4c(Cl)cccc4Cl)CC3)cc(=O)oc2c1C. The molecule has 1 aliphatic rings. The van der Waals surface area contributed by atoms with E-state index >= 15 is 0 Å². The fourth-order valence-corrected chi connectivity index (χ4v) is 6.40. The zero-order chi connectivity index (χ0) is 22.3. The summed E-state index contributed by atoms with van der Waals surface area (Å²) >= 11 is 12.2. The van der Waals surface area contributed by atoms with Crippen LogP contribution in [-0.4, -0.2) is 43.8 Å². The Kier molecular flexibility index (Phi) is 6.16. The van der Waals surface area contributed by atoms with Gasteiger partial charge in [-0.25, -0.2) is 13.2 Å². The van der Waals surface area contributed by atoms with Crippen molar-refractivity contribution in [2.75, 3.05) is 26.2 Å². The maximum Gasteiger partial charge on any atom is 0.336 e. The number of fused-ring (bicyclic) bond motifs is 1. The first kappa shape index (κ1) is 22.3. The van der Waals surface area contributed by atoms with Crippen LogP contribution in [0.25, 0.3) is 11.0 Å². The predicted octanol–water partition coefficient (Wildman–Crippen LogP) is 4.22. The molecule has 4 rings (SSSR count). The van der Waals surface area contributed by atoms with Gasteiger partial charge in [0.05, 0.1) is 10.0 Å². The van der Waals surface area contributed by atoms with E-state index in [2.05, 4.69) is 4.90 Å². The van der Waals surface area contributed by atoms with E-state index < -0.39 is 10.0 Å². The number of halogens is 2. The molecule has 1 saturated heterocycles. The lowest BCUT2D eigenvalue weighted by Crippen LogP contribution is -2.48. The molecule has 31 heavy (non-hydrogen) atoms. The normalized spacial score (nSPS) is 16.1. The maximum atomic E-state index is 13.1. The van der Waals surface area contributed by atoms with Crippen molar-refractivity contribution in [3.05, 3.63) is 73.6 Å². The van der Waals surface area contributed by atoms with Crippen LogP contribution in [0.5, 0.6) is 0 Å². The number of nitrogens with zero attached hydrogens (tertiary/aromatic N) is 2. The zero-order valence-corrected chi connectivity index (χ0v) is 19.5. The molecule has 0 radical (unpaired) electrons. The molecule has 0 unspecified atom stereocenters. The molecule has 0 spiro atoms. The Bertz CT molecular complexity index is 1290. The number of piperazine rings is 1. The Morgan fingerprint density at radius 3 is 2.29 bits per heavy atom. The van der Waals surface area contributed by atoms with Crippen LogP contribution in [0.15, 0.2) is 50.5 Å². The number of hydrogen-bond donors (Lipinski definition) is 0. The average Bonchev–Trinajstić information content (AvgIpc) is 2.71. The van der Waals surface area contributed by atoms with E-state index in [9.17, 15) is 13.2 Å². The highest BCUT2D eigenvalue weighted by Crippen LogP contribution is 2.32. The van der Waals surface area contributed by atoms with Crippen molar-refractivity contribution < 1.29 is 12.8 Å². The molecule has 2 heterocycles. The van der Waals surface area contributed by atoms with Gasteiger partial charge in [0.15, 0.2) is 0 Å². The van der Waals surface area contributed by atoms with Gasteiger partial charge in [0.2, 0.25) is 10.0 Å². The van der Waals surface area contributed by atoms with E-state index in [1.165, 1.54) is 22.5 Å². The van der Waals surface area contributed by atoms with E-state index in [-0.39, 0.29) is 20.6 Å². The summed E-state index contributed by atoms with van der Waals surface area (Å²) in [6, 6.07) is 10.2. The Labute approximate surface area is 191 Å². The maximum absolute atomic E-state index is 13.1. The summed E-state index contributed by atoms with van der Waals surface area (Å²) in [5.41, 5.74) is 3.11. The molecule has 1 fully saturated rings. The predicted molar refractivity (Wildman–Crippen MR) is 122 cm³/mol. The summed E-state index contributed by atoms with van der Waals surface area (Å²) < 4.78 is 33.0. The van der Waals surface area contributed by atoms with Crippen molar-refractivity contribution in [3.8, 4) is 0 Å². The van der Waals surface area contributed by atoms with Crippen LogP contribution >= 0.6 is 23.2 Å². The molecule has 0 atom stereocenters. The molecule has 6 nitrogen and oxygen atoms in total. The summed E-state index contributed by atoms with van der Waals surface area (Å²) in [7, 11) is -3.79. The molecule has 2 aromatic carbocycles. The van der Waals surface area contributed by atoms with Crippen molar-refractivity contribution in [2.24, 2.45) is 0 Å². The Hall–Kier alpha value is -1.90. The topological polar surface area (TPSA) is 70.8 Å². The zero-order valence-electron chi connectivity index (χ0n) is 17.2. The number of aryl methyl sites for hydroxylation is 2. The smallest absolute Gasteiger partial charge is 0.336 e. The van der Waals surface area contributed by atoms with Gasteiger partial charge in [0.25, 0.3) is 0 Å². The fourth-order valence-electron chi connectivity index (χ4n) is 3.88. The number of hydrogen-bond acceptors (Lipinski definition) is 5. The summed E-state index contributed by atoms with van der Waals surface area (Å²) in [6.45, 7) is 6.11. The highest BCUT2D eigenvalue weighted by Gasteiger charge is 2.32. The number of rotatable bonds is 4. The minimum Gasteiger partial charge on any atom is -0.422 e. The van der Waals surface area contributed by atoms with Gasteiger partial charge in [-0.15, -0.1) is 0 Å². The third kappa shape index (κ3) is 4.25. The largest absolute Gasteiger partial charge is 0.422 e. The van der Waals surface area contributed by atoms with Gasteiger partial charge in [0.1, 0.15) is 10.5 Å². The summed E-state index contributed by atoms with van der Waals surface area (Å²) in [5, 5.41) is 1.13. The minimum absolute atomic E-state index is 0.0516. The van der Waals surface area contributed by atoms with Crippen molar-refractivity contribution >= 4 is 44.2 Å². The van der Waals surface area contributed by atoms with E-state index in [0.717, 1.165) is 22.1 Å². The van der Waals surface area contributed by atoms with Gasteiger partial charge in [-0.2, -0.15) is 4.31 Å². The molecular weight excluding hydrogens is 459 g/mol. The van der Waals surface area contributed by atoms with Gasteiger partial charge < -0.3 is 4.42 Å². The molecule has 1 aliphatic heterocycles. The van der Waals surface area contributed by atoms with Crippen molar-refractivity contribution in [3.63, 3.8) is 0 Å². The molecule has 1 aromatic heterocycles.